The number of esters is 1. The Morgan fingerprint density at radius 1 is 1.12 bits per heavy atom. The van der Waals surface area contributed by atoms with Crippen LogP contribution in [0.2, 0.25) is 0 Å². The number of hydrogen-bond acceptors (Lipinski definition) is 5. The molecule has 33 heavy (non-hydrogen) atoms. The molecular weight excluding hydrogens is 420 g/mol. The quantitative estimate of drug-likeness (QED) is 0.381. The molecule has 0 aromatic heterocycles. The third-order valence-electron chi connectivity index (χ3n) is 5.61. The topological polar surface area (TPSA) is 84.9 Å². The maximum Gasteiger partial charge on any atom is 0.411 e. The molecule has 1 aliphatic rings. The second-order valence-electron chi connectivity index (χ2n) is 7.84. The van der Waals surface area contributed by atoms with Crippen molar-refractivity contribution in [2.75, 3.05) is 7.11 Å². The summed E-state index contributed by atoms with van der Waals surface area (Å²) in [6, 6.07) is 15.3. The minimum Gasteiger partial charge on any atom is -0.467 e. The Hall–Kier alpha value is -3.79. The van der Waals surface area contributed by atoms with E-state index in [9.17, 15) is 14.4 Å². The number of carbonyl (C=O) groups is 3. The SMILES string of the molecule is C#CCCC[C@@H](NC(=O)[C@@H]1Cc2ccccc2CN1C(=O)OCc1ccccc1)C(=O)OC. The van der Waals surface area contributed by atoms with Crippen LogP contribution in [0.15, 0.2) is 54.6 Å². The maximum atomic E-state index is 13.3. The van der Waals surface area contributed by atoms with Crippen LogP contribution in [0.25, 0.3) is 0 Å². The fourth-order valence-corrected chi connectivity index (χ4v) is 3.82. The molecule has 2 amide bonds. The summed E-state index contributed by atoms with van der Waals surface area (Å²) in [6.07, 6.45) is 6.43. The zero-order valence-electron chi connectivity index (χ0n) is 18.7. The summed E-state index contributed by atoms with van der Waals surface area (Å²) in [6.45, 7) is 0.338. The lowest BCUT2D eigenvalue weighted by molar-refractivity contribution is -0.146. The molecule has 1 aliphatic heterocycles. The van der Waals surface area contributed by atoms with E-state index < -0.39 is 30.1 Å². The molecule has 0 saturated carbocycles. The monoisotopic (exact) mass is 448 g/mol. The Kier molecular flexibility index (Phi) is 8.48. The summed E-state index contributed by atoms with van der Waals surface area (Å²) in [5, 5.41) is 2.75. The number of ether oxygens (including phenoxy) is 2. The van der Waals surface area contributed by atoms with E-state index in [1.54, 1.807) is 0 Å². The molecular formula is C26H28N2O5. The molecule has 7 nitrogen and oxygen atoms in total. The highest BCUT2D eigenvalue weighted by atomic mass is 16.6. The third-order valence-corrected chi connectivity index (χ3v) is 5.61. The summed E-state index contributed by atoms with van der Waals surface area (Å²) in [5.41, 5.74) is 2.78. The Labute approximate surface area is 194 Å². The van der Waals surface area contributed by atoms with Gasteiger partial charge in [0.25, 0.3) is 0 Å². The number of hydrogen-bond donors (Lipinski definition) is 1. The summed E-state index contributed by atoms with van der Waals surface area (Å²) >= 11 is 0. The zero-order valence-corrected chi connectivity index (χ0v) is 18.7. The molecule has 0 aliphatic carbocycles. The molecule has 0 spiro atoms. The normalized spacial score (nSPS) is 15.5. The van der Waals surface area contributed by atoms with Gasteiger partial charge in [-0.25, -0.2) is 9.59 Å². The van der Waals surface area contributed by atoms with Crippen molar-refractivity contribution in [2.24, 2.45) is 0 Å². The van der Waals surface area contributed by atoms with Gasteiger partial charge in [-0.1, -0.05) is 54.6 Å². The van der Waals surface area contributed by atoms with Crippen LogP contribution >= 0.6 is 0 Å². The number of amides is 2. The highest BCUT2D eigenvalue weighted by Gasteiger charge is 2.37. The van der Waals surface area contributed by atoms with Gasteiger partial charge < -0.3 is 14.8 Å². The smallest absolute Gasteiger partial charge is 0.411 e. The number of methoxy groups -OCH3 is 1. The molecule has 0 unspecified atom stereocenters. The molecule has 0 bridgehead atoms. The van der Waals surface area contributed by atoms with Crippen molar-refractivity contribution in [3.63, 3.8) is 0 Å². The Bertz CT molecular complexity index is 1010. The molecule has 172 valence electrons. The van der Waals surface area contributed by atoms with Crippen molar-refractivity contribution in [3.05, 3.63) is 71.3 Å². The summed E-state index contributed by atoms with van der Waals surface area (Å²) in [7, 11) is 1.27. The second kappa shape index (κ2) is 11.7. The number of carbonyl (C=O) groups excluding carboxylic acids is 3. The lowest BCUT2D eigenvalue weighted by Crippen LogP contribution is -2.55. The number of fused-ring (bicyclic) bond motifs is 1. The molecule has 2 aromatic rings. The first kappa shape index (κ1) is 23.9. The number of terminal acetylenes is 1. The molecule has 3 rings (SSSR count). The van der Waals surface area contributed by atoms with Gasteiger partial charge in [0.2, 0.25) is 5.91 Å². The number of unbranched alkanes of at least 4 members (excludes halogenated alkanes) is 1. The number of benzene rings is 2. The van der Waals surface area contributed by atoms with Gasteiger partial charge >= 0.3 is 12.1 Å². The summed E-state index contributed by atoms with van der Waals surface area (Å²) in [4.78, 5) is 39.9. The van der Waals surface area contributed by atoms with Crippen LogP contribution in [0.5, 0.6) is 0 Å². The third kappa shape index (κ3) is 6.36. The standard InChI is InChI=1S/C26H28N2O5/c1-3-4-6-15-22(25(30)32-2)27-24(29)23-16-20-13-9-10-14-21(20)17-28(23)26(31)33-18-19-11-7-5-8-12-19/h1,5,7-14,22-23H,4,6,15-18H2,2H3,(H,27,29)/t22-,23+/m1/s1. The minimum atomic E-state index is -0.838. The van der Waals surface area contributed by atoms with Crippen molar-refractivity contribution in [3.8, 4) is 12.3 Å². The van der Waals surface area contributed by atoms with Crippen LogP contribution in [0, 0.1) is 12.3 Å². The van der Waals surface area contributed by atoms with Crippen molar-refractivity contribution in [1.82, 2.24) is 10.2 Å². The van der Waals surface area contributed by atoms with E-state index in [2.05, 4.69) is 11.2 Å². The van der Waals surface area contributed by atoms with Crippen LogP contribution in [0.3, 0.4) is 0 Å². The molecule has 2 atom stereocenters. The zero-order chi connectivity index (χ0) is 23.6. The average molecular weight is 449 g/mol. The fourth-order valence-electron chi connectivity index (χ4n) is 3.82. The van der Waals surface area contributed by atoms with Gasteiger partial charge in [0.15, 0.2) is 0 Å². The lowest BCUT2D eigenvalue weighted by Gasteiger charge is -2.35. The largest absolute Gasteiger partial charge is 0.467 e. The molecule has 0 fully saturated rings. The lowest BCUT2D eigenvalue weighted by atomic mass is 9.93. The molecule has 1 N–H and O–H groups in total. The van der Waals surface area contributed by atoms with Crippen molar-refractivity contribution in [1.29, 1.82) is 0 Å². The summed E-state index contributed by atoms with van der Waals surface area (Å²) in [5.74, 6) is 1.54. The van der Waals surface area contributed by atoms with E-state index in [1.165, 1.54) is 12.0 Å². The molecule has 0 saturated heterocycles. The van der Waals surface area contributed by atoms with Gasteiger partial charge in [0.1, 0.15) is 18.7 Å². The first-order chi connectivity index (χ1) is 16.0. The van der Waals surface area contributed by atoms with Gasteiger partial charge in [-0.05, 0) is 29.5 Å². The van der Waals surface area contributed by atoms with Gasteiger partial charge in [-0.15, -0.1) is 12.3 Å². The molecule has 7 heteroatoms. The van der Waals surface area contributed by atoms with Gasteiger partial charge in [0.05, 0.1) is 13.7 Å². The summed E-state index contributed by atoms with van der Waals surface area (Å²) < 4.78 is 10.3. The Morgan fingerprint density at radius 2 is 1.82 bits per heavy atom. The van der Waals surface area contributed by atoms with E-state index >= 15 is 0 Å². The predicted molar refractivity (Wildman–Crippen MR) is 123 cm³/mol. The van der Waals surface area contributed by atoms with Crippen LogP contribution in [-0.2, 0) is 38.6 Å². The molecule has 1 heterocycles. The molecule has 0 radical (unpaired) electrons. The van der Waals surface area contributed by atoms with Crippen molar-refractivity contribution < 1.29 is 23.9 Å². The van der Waals surface area contributed by atoms with E-state index in [-0.39, 0.29) is 13.2 Å². The second-order valence-corrected chi connectivity index (χ2v) is 7.84. The number of nitrogens with one attached hydrogen (secondary N) is 1. The van der Waals surface area contributed by atoms with Crippen LogP contribution in [0.1, 0.15) is 36.0 Å². The highest BCUT2D eigenvalue weighted by molar-refractivity contribution is 5.90. The fraction of sp³-hybridized carbons (Fsp3) is 0.346. The molecule has 2 aromatic carbocycles. The van der Waals surface area contributed by atoms with Crippen molar-refractivity contribution in [2.45, 2.75) is 50.9 Å². The average Bonchev–Trinajstić information content (AvgIpc) is 2.86. The maximum absolute atomic E-state index is 13.3. The first-order valence-corrected chi connectivity index (χ1v) is 10.9. The minimum absolute atomic E-state index is 0.100. The van der Waals surface area contributed by atoms with E-state index in [0.29, 0.717) is 25.7 Å². The van der Waals surface area contributed by atoms with Crippen molar-refractivity contribution >= 4 is 18.0 Å². The van der Waals surface area contributed by atoms with Crippen LogP contribution in [-0.4, -0.2) is 42.1 Å². The highest BCUT2D eigenvalue weighted by Crippen LogP contribution is 2.25. The van der Waals surface area contributed by atoms with Gasteiger partial charge in [-0.3, -0.25) is 9.69 Å². The van der Waals surface area contributed by atoms with E-state index in [1.807, 2.05) is 54.6 Å². The number of rotatable bonds is 8. The van der Waals surface area contributed by atoms with Gasteiger partial charge in [0, 0.05) is 12.8 Å². The van der Waals surface area contributed by atoms with Gasteiger partial charge in [-0.2, -0.15) is 0 Å². The Morgan fingerprint density at radius 3 is 2.52 bits per heavy atom. The van der Waals surface area contributed by atoms with Crippen LogP contribution < -0.4 is 5.32 Å². The number of nitrogens with zero attached hydrogens (tertiary/aromatic N) is 1. The first-order valence-electron chi connectivity index (χ1n) is 10.9. The van der Waals surface area contributed by atoms with E-state index in [4.69, 9.17) is 15.9 Å². The van der Waals surface area contributed by atoms with E-state index in [0.717, 1.165) is 16.7 Å². The van der Waals surface area contributed by atoms with Crippen LogP contribution in [0.4, 0.5) is 4.79 Å². The Balaban J connectivity index is 1.76. The predicted octanol–water partition coefficient (Wildman–Crippen LogP) is 3.21.